The first kappa shape index (κ1) is 23.6. The molecule has 1 aromatic heterocycles. The fourth-order valence-corrected chi connectivity index (χ4v) is 4.30. The zero-order valence-corrected chi connectivity index (χ0v) is 20.3. The van der Waals surface area contributed by atoms with Gasteiger partial charge in [0.15, 0.2) is 11.5 Å². The van der Waals surface area contributed by atoms with E-state index in [9.17, 15) is 4.79 Å². The zero-order valence-electron chi connectivity index (χ0n) is 20.3. The molecule has 0 saturated carbocycles. The van der Waals surface area contributed by atoms with Gasteiger partial charge in [0.05, 0.1) is 27.0 Å². The summed E-state index contributed by atoms with van der Waals surface area (Å²) < 4.78 is 16.5. The first-order valence-electron chi connectivity index (χ1n) is 11.5. The number of rotatable bonds is 8. The second kappa shape index (κ2) is 10.6. The van der Waals surface area contributed by atoms with Crippen molar-refractivity contribution in [1.82, 2.24) is 20.0 Å². The average molecular weight is 465 g/mol. The van der Waals surface area contributed by atoms with Crippen molar-refractivity contribution in [3.63, 3.8) is 0 Å². The van der Waals surface area contributed by atoms with Gasteiger partial charge in [0, 0.05) is 43.9 Å². The highest BCUT2D eigenvalue weighted by molar-refractivity contribution is 5.93. The minimum absolute atomic E-state index is 0.0210. The highest BCUT2D eigenvalue weighted by Crippen LogP contribution is 2.40. The Balaban J connectivity index is 1.38. The van der Waals surface area contributed by atoms with Gasteiger partial charge >= 0.3 is 0 Å². The van der Waals surface area contributed by atoms with Crippen LogP contribution in [0.3, 0.4) is 0 Å². The Hall–Kier alpha value is -3.52. The predicted octanol–water partition coefficient (Wildman–Crippen LogP) is 3.62. The Labute approximate surface area is 200 Å². The second-order valence-corrected chi connectivity index (χ2v) is 8.28. The fourth-order valence-electron chi connectivity index (χ4n) is 4.30. The van der Waals surface area contributed by atoms with E-state index in [4.69, 9.17) is 14.2 Å². The summed E-state index contributed by atoms with van der Waals surface area (Å²) >= 11 is 0. The van der Waals surface area contributed by atoms with Gasteiger partial charge in [-0.1, -0.05) is 37.3 Å². The summed E-state index contributed by atoms with van der Waals surface area (Å²) in [4.78, 5) is 17.2. The quantitative estimate of drug-likeness (QED) is 0.549. The van der Waals surface area contributed by atoms with Crippen LogP contribution in [0.25, 0.3) is 11.3 Å². The Bertz CT molecular complexity index is 1120. The molecule has 0 unspecified atom stereocenters. The number of hydrogen-bond donors (Lipinski definition) is 1. The molecule has 0 bridgehead atoms. The minimum atomic E-state index is -0.0210. The number of hydrogen-bond acceptors (Lipinski definition) is 6. The summed E-state index contributed by atoms with van der Waals surface area (Å²) in [6.45, 7) is 5.66. The third-order valence-electron chi connectivity index (χ3n) is 6.31. The number of H-pyrrole nitrogens is 1. The van der Waals surface area contributed by atoms with Gasteiger partial charge in [0.1, 0.15) is 5.69 Å². The van der Waals surface area contributed by atoms with Crippen LogP contribution in [0.2, 0.25) is 0 Å². The maximum atomic E-state index is 13.1. The molecule has 0 aliphatic carbocycles. The van der Waals surface area contributed by atoms with Crippen molar-refractivity contribution in [2.45, 2.75) is 19.9 Å². The molecule has 1 fully saturated rings. The molecule has 1 aliphatic rings. The van der Waals surface area contributed by atoms with Gasteiger partial charge in [-0.2, -0.15) is 5.10 Å². The Morgan fingerprint density at radius 3 is 2.26 bits per heavy atom. The first-order valence-corrected chi connectivity index (χ1v) is 11.5. The van der Waals surface area contributed by atoms with Crippen LogP contribution < -0.4 is 14.2 Å². The lowest BCUT2D eigenvalue weighted by Crippen LogP contribution is -2.48. The van der Waals surface area contributed by atoms with Crippen LogP contribution in [0.15, 0.2) is 42.5 Å². The molecule has 2 aromatic carbocycles. The van der Waals surface area contributed by atoms with Crippen molar-refractivity contribution >= 4 is 5.91 Å². The molecular weight excluding hydrogens is 432 g/mol. The molecule has 8 heteroatoms. The number of aromatic nitrogens is 2. The van der Waals surface area contributed by atoms with Crippen molar-refractivity contribution in [2.75, 3.05) is 47.5 Å². The van der Waals surface area contributed by atoms with Gasteiger partial charge < -0.3 is 19.1 Å². The SMILES string of the molecule is CCc1ccc(-c2cc(C(=O)N3CCN(Cc4ccc(OC)c(OC)c4OC)CC3)[nH]n2)cc1. The molecule has 1 saturated heterocycles. The zero-order chi connectivity index (χ0) is 24.1. The molecule has 180 valence electrons. The number of aromatic amines is 1. The summed E-state index contributed by atoms with van der Waals surface area (Å²) in [6.07, 6.45) is 0.995. The molecule has 1 amide bonds. The van der Waals surface area contributed by atoms with Crippen LogP contribution >= 0.6 is 0 Å². The van der Waals surface area contributed by atoms with Crippen molar-refractivity contribution in [3.8, 4) is 28.5 Å². The monoisotopic (exact) mass is 464 g/mol. The molecule has 1 aliphatic heterocycles. The number of nitrogens with zero attached hydrogens (tertiary/aromatic N) is 3. The van der Waals surface area contributed by atoms with Crippen LogP contribution in [0.5, 0.6) is 17.2 Å². The van der Waals surface area contributed by atoms with E-state index in [0.717, 1.165) is 36.3 Å². The van der Waals surface area contributed by atoms with Crippen molar-refractivity contribution < 1.29 is 19.0 Å². The van der Waals surface area contributed by atoms with Crippen molar-refractivity contribution in [1.29, 1.82) is 0 Å². The first-order chi connectivity index (χ1) is 16.6. The van der Waals surface area contributed by atoms with Crippen LogP contribution in [-0.2, 0) is 13.0 Å². The highest BCUT2D eigenvalue weighted by atomic mass is 16.5. The smallest absolute Gasteiger partial charge is 0.271 e. The van der Waals surface area contributed by atoms with E-state index in [-0.39, 0.29) is 5.91 Å². The average Bonchev–Trinajstić information content (AvgIpc) is 3.38. The number of ether oxygens (including phenoxy) is 3. The Morgan fingerprint density at radius 1 is 0.941 bits per heavy atom. The van der Waals surface area contributed by atoms with Crippen LogP contribution in [0, 0.1) is 0 Å². The van der Waals surface area contributed by atoms with E-state index in [0.29, 0.717) is 42.6 Å². The summed E-state index contributed by atoms with van der Waals surface area (Å²) in [5.74, 6) is 1.89. The largest absolute Gasteiger partial charge is 0.493 e. The standard InChI is InChI=1S/C26H32N4O4/c1-5-18-6-8-19(9-7-18)21-16-22(28-27-21)26(31)30-14-12-29(13-15-30)17-20-10-11-23(32-2)25(34-4)24(20)33-3/h6-11,16H,5,12-15,17H2,1-4H3,(H,27,28). The second-order valence-electron chi connectivity index (χ2n) is 8.28. The van der Waals surface area contributed by atoms with E-state index in [1.807, 2.05) is 35.2 Å². The molecule has 8 nitrogen and oxygen atoms in total. The number of benzene rings is 2. The van der Waals surface area contributed by atoms with E-state index < -0.39 is 0 Å². The van der Waals surface area contributed by atoms with Gasteiger partial charge in [-0.15, -0.1) is 0 Å². The number of carbonyl (C=O) groups is 1. The normalized spacial score (nSPS) is 14.2. The van der Waals surface area contributed by atoms with E-state index in [1.165, 1.54) is 5.56 Å². The lowest BCUT2D eigenvalue weighted by Gasteiger charge is -2.34. The molecule has 0 atom stereocenters. The molecule has 4 rings (SSSR count). The molecule has 0 spiro atoms. The number of methoxy groups -OCH3 is 3. The summed E-state index contributed by atoms with van der Waals surface area (Å²) in [6, 6.07) is 14.0. The molecule has 3 aromatic rings. The molecular formula is C26H32N4O4. The van der Waals surface area contributed by atoms with E-state index >= 15 is 0 Å². The third kappa shape index (κ3) is 4.87. The fraction of sp³-hybridized carbons (Fsp3) is 0.385. The van der Waals surface area contributed by atoms with E-state index in [1.54, 1.807) is 21.3 Å². The van der Waals surface area contributed by atoms with Gasteiger partial charge in [-0.25, -0.2) is 0 Å². The highest BCUT2D eigenvalue weighted by Gasteiger charge is 2.25. The Morgan fingerprint density at radius 2 is 1.65 bits per heavy atom. The van der Waals surface area contributed by atoms with Crippen molar-refractivity contribution in [3.05, 3.63) is 59.3 Å². The molecule has 0 radical (unpaired) electrons. The molecule has 1 N–H and O–H groups in total. The van der Waals surface area contributed by atoms with Crippen LogP contribution in [0.4, 0.5) is 0 Å². The van der Waals surface area contributed by atoms with Gasteiger partial charge in [-0.3, -0.25) is 14.8 Å². The predicted molar refractivity (Wildman–Crippen MR) is 131 cm³/mol. The summed E-state index contributed by atoms with van der Waals surface area (Å²) in [7, 11) is 4.85. The maximum absolute atomic E-state index is 13.1. The van der Waals surface area contributed by atoms with E-state index in [2.05, 4.69) is 34.2 Å². The lowest BCUT2D eigenvalue weighted by atomic mass is 10.1. The van der Waals surface area contributed by atoms with Crippen molar-refractivity contribution in [2.24, 2.45) is 0 Å². The van der Waals surface area contributed by atoms with Crippen LogP contribution in [0.1, 0.15) is 28.5 Å². The van der Waals surface area contributed by atoms with Crippen LogP contribution in [-0.4, -0.2) is 73.4 Å². The topological polar surface area (TPSA) is 79.9 Å². The van der Waals surface area contributed by atoms with Gasteiger partial charge in [-0.05, 0) is 24.1 Å². The third-order valence-corrected chi connectivity index (χ3v) is 6.31. The maximum Gasteiger partial charge on any atom is 0.271 e. The number of aryl methyl sites for hydroxylation is 1. The number of piperazine rings is 1. The minimum Gasteiger partial charge on any atom is -0.493 e. The van der Waals surface area contributed by atoms with Gasteiger partial charge in [0.25, 0.3) is 5.91 Å². The lowest BCUT2D eigenvalue weighted by molar-refractivity contribution is 0.0621. The molecule has 34 heavy (non-hydrogen) atoms. The Kier molecular flexibility index (Phi) is 7.37. The molecule has 2 heterocycles. The number of carbonyl (C=O) groups excluding carboxylic acids is 1. The number of amides is 1. The summed E-state index contributed by atoms with van der Waals surface area (Å²) in [5.41, 5.74) is 4.60. The summed E-state index contributed by atoms with van der Waals surface area (Å²) in [5, 5.41) is 7.28. The van der Waals surface area contributed by atoms with Gasteiger partial charge in [0.2, 0.25) is 5.75 Å². The number of nitrogens with one attached hydrogen (secondary N) is 1.